The van der Waals surface area contributed by atoms with Crippen LogP contribution < -0.4 is 4.90 Å². The molecule has 5 nitrogen and oxygen atoms in total. The van der Waals surface area contributed by atoms with E-state index in [9.17, 15) is 4.79 Å². The predicted octanol–water partition coefficient (Wildman–Crippen LogP) is 5.45. The highest BCUT2D eigenvalue weighted by Crippen LogP contribution is 2.31. The van der Waals surface area contributed by atoms with Crippen molar-refractivity contribution in [1.82, 2.24) is 9.55 Å². The average molecular weight is 406 g/mol. The van der Waals surface area contributed by atoms with Crippen LogP contribution in [-0.2, 0) is 9.53 Å². The average Bonchev–Trinajstić information content (AvgIpc) is 3.12. The highest BCUT2D eigenvalue weighted by Gasteiger charge is 2.28. The van der Waals surface area contributed by atoms with Crippen LogP contribution in [0.1, 0.15) is 45.6 Å². The number of carbonyl (C=O) groups excluding carboxylic acids is 1. The van der Waals surface area contributed by atoms with Crippen LogP contribution in [0.2, 0.25) is 0 Å². The Kier molecular flexibility index (Phi) is 5.80. The number of fused-ring (bicyclic) bond motifs is 1. The third-order valence-corrected chi connectivity index (χ3v) is 6.14. The molecule has 158 valence electrons. The zero-order valence-corrected chi connectivity index (χ0v) is 18.3. The molecule has 0 spiro atoms. The largest absolute Gasteiger partial charge is 0.461 e. The second kappa shape index (κ2) is 8.50. The standard InChI is InChI=1S/C25H31N3O2/c1-17-8-7-9-21(16-17)30-25(29)18(2)28-23-11-6-5-10-22(23)26-24(28)19-12-14-20(15-13-19)27(3)4/h5-6,10-15,17-18,21H,7-9,16H2,1-4H3/t17?,18-,21?/m1/s1. The van der Waals surface area contributed by atoms with Crippen molar-refractivity contribution in [2.24, 2.45) is 5.92 Å². The molecule has 0 N–H and O–H groups in total. The molecule has 2 unspecified atom stereocenters. The number of ether oxygens (including phenoxy) is 1. The summed E-state index contributed by atoms with van der Waals surface area (Å²) >= 11 is 0. The fourth-order valence-corrected chi connectivity index (χ4v) is 4.40. The van der Waals surface area contributed by atoms with Gasteiger partial charge in [-0.05, 0) is 68.5 Å². The van der Waals surface area contributed by atoms with Gasteiger partial charge in [-0.2, -0.15) is 0 Å². The van der Waals surface area contributed by atoms with Crippen molar-refractivity contribution in [1.29, 1.82) is 0 Å². The smallest absolute Gasteiger partial charge is 0.329 e. The summed E-state index contributed by atoms with van der Waals surface area (Å²) in [5.74, 6) is 1.23. The Balaban J connectivity index is 1.68. The summed E-state index contributed by atoms with van der Waals surface area (Å²) in [6.45, 7) is 4.16. The molecule has 30 heavy (non-hydrogen) atoms. The van der Waals surface area contributed by atoms with E-state index in [0.29, 0.717) is 5.92 Å². The van der Waals surface area contributed by atoms with Crippen LogP contribution in [0, 0.1) is 5.92 Å². The minimum Gasteiger partial charge on any atom is -0.461 e. The van der Waals surface area contributed by atoms with Gasteiger partial charge in [-0.1, -0.05) is 25.5 Å². The van der Waals surface area contributed by atoms with Gasteiger partial charge in [0.15, 0.2) is 0 Å². The Labute approximate surface area is 178 Å². The highest BCUT2D eigenvalue weighted by atomic mass is 16.5. The lowest BCUT2D eigenvalue weighted by molar-refractivity contribution is -0.154. The summed E-state index contributed by atoms with van der Waals surface area (Å²) in [6, 6.07) is 15.8. The molecule has 2 aromatic carbocycles. The zero-order valence-electron chi connectivity index (χ0n) is 18.3. The third kappa shape index (κ3) is 4.07. The van der Waals surface area contributed by atoms with E-state index < -0.39 is 6.04 Å². The monoisotopic (exact) mass is 405 g/mol. The lowest BCUT2D eigenvalue weighted by Crippen LogP contribution is -2.28. The summed E-state index contributed by atoms with van der Waals surface area (Å²) in [6.07, 6.45) is 4.31. The Hall–Kier alpha value is -2.82. The van der Waals surface area contributed by atoms with Crippen molar-refractivity contribution in [2.75, 3.05) is 19.0 Å². The summed E-state index contributed by atoms with van der Waals surface area (Å²) in [5, 5.41) is 0. The Morgan fingerprint density at radius 2 is 1.87 bits per heavy atom. The molecule has 3 atom stereocenters. The van der Waals surface area contributed by atoms with Crippen molar-refractivity contribution < 1.29 is 9.53 Å². The number of esters is 1. The third-order valence-electron chi connectivity index (χ3n) is 6.14. The SMILES string of the molecule is CC1CCCC(OC(=O)[C@@H](C)n2c(-c3ccc(N(C)C)cc3)nc3ccccc32)C1. The van der Waals surface area contributed by atoms with Gasteiger partial charge in [0.2, 0.25) is 0 Å². The maximum absolute atomic E-state index is 13.1. The number of benzene rings is 2. The zero-order chi connectivity index (χ0) is 21.3. The Morgan fingerprint density at radius 1 is 1.13 bits per heavy atom. The highest BCUT2D eigenvalue weighted by molar-refractivity contribution is 5.85. The second-order valence-electron chi connectivity index (χ2n) is 8.74. The number of nitrogens with zero attached hydrogens (tertiary/aromatic N) is 3. The number of carbonyl (C=O) groups is 1. The van der Waals surface area contributed by atoms with E-state index in [1.165, 1.54) is 6.42 Å². The van der Waals surface area contributed by atoms with Crippen molar-refractivity contribution >= 4 is 22.7 Å². The van der Waals surface area contributed by atoms with E-state index in [4.69, 9.17) is 9.72 Å². The first-order valence-electron chi connectivity index (χ1n) is 10.9. The quantitative estimate of drug-likeness (QED) is 0.530. The van der Waals surface area contributed by atoms with Crippen LogP contribution in [0.3, 0.4) is 0 Å². The first-order valence-corrected chi connectivity index (χ1v) is 10.9. The van der Waals surface area contributed by atoms with Gasteiger partial charge in [-0.25, -0.2) is 9.78 Å². The fourth-order valence-electron chi connectivity index (χ4n) is 4.40. The molecule has 0 amide bonds. The number of hydrogen-bond donors (Lipinski definition) is 0. The number of imidazole rings is 1. The normalized spacial score (nSPS) is 20.1. The molecule has 5 heteroatoms. The van der Waals surface area contributed by atoms with Gasteiger partial charge < -0.3 is 14.2 Å². The lowest BCUT2D eigenvalue weighted by Gasteiger charge is -2.28. The van der Waals surface area contributed by atoms with E-state index in [1.54, 1.807) is 0 Å². The molecule has 0 bridgehead atoms. The number of rotatable bonds is 5. The van der Waals surface area contributed by atoms with Crippen LogP contribution in [-0.4, -0.2) is 35.7 Å². The first-order chi connectivity index (χ1) is 14.4. The molecular formula is C25H31N3O2. The summed E-state index contributed by atoms with van der Waals surface area (Å²) < 4.78 is 7.97. The first kappa shape index (κ1) is 20.5. The van der Waals surface area contributed by atoms with Crippen molar-refractivity contribution in [3.8, 4) is 11.4 Å². The predicted molar refractivity (Wildman–Crippen MR) is 122 cm³/mol. The molecule has 1 saturated carbocycles. The van der Waals surface area contributed by atoms with Crippen LogP contribution in [0.5, 0.6) is 0 Å². The van der Waals surface area contributed by atoms with E-state index in [0.717, 1.165) is 47.4 Å². The molecule has 0 aliphatic heterocycles. The van der Waals surface area contributed by atoms with Crippen molar-refractivity contribution in [3.05, 3.63) is 48.5 Å². The van der Waals surface area contributed by atoms with Crippen molar-refractivity contribution in [2.45, 2.75) is 51.7 Å². The van der Waals surface area contributed by atoms with Gasteiger partial charge in [0.1, 0.15) is 18.0 Å². The van der Waals surface area contributed by atoms with Gasteiger partial charge in [0.25, 0.3) is 0 Å². The van der Waals surface area contributed by atoms with Gasteiger partial charge in [0, 0.05) is 25.3 Å². The Morgan fingerprint density at radius 3 is 2.57 bits per heavy atom. The fraction of sp³-hybridized carbons (Fsp3) is 0.440. The van der Waals surface area contributed by atoms with Gasteiger partial charge >= 0.3 is 5.97 Å². The van der Waals surface area contributed by atoms with E-state index in [2.05, 4.69) is 36.1 Å². The van der Waals surface area contributed by atoms with Gasteiger partial charge in [-0.3, -0.25) is 0 Å². The Bertz CT molecular complexity index is 1020. The minimum atomic E-state index is -0.446. The van der Waals surface area contributed by atoms with Gasteiger partial charge in [0.05, 0.1) is 11.0 Å². The molecule has 0 saturated heterocycles. The second-order valence-corrected chi connectivity index (χ2v) is 8.74. The van der Waals surface area contributed by atoms with E-state index in [1.807, 2.05) is 49.9 Å². The number of hydrogen-bond acceptors (Lipinski definition) is 4. The van der Waals surface area contributed by atoms with Crippen molar-refractivity contribution in [3.63, 3.8) is 0 Å². The molecule has 1 heterocycles. The molecular weight excluding hydrogens is 374 g/mol. The number of para-hydroxylation sites is 2. The van der Waals surface area contributed by atoms with Crippen LogP contribution >= 0.6 is 0 Å². The van der Waals surface area contributed by atoms with E-state index >= 15 is 0 Å². The topological polar surface area (TPSA) is 47.4 Å². The molecule has 1 fully saturated rings. The van der Waals surface area contributed by atoms with Crippen LogP contribution in [0.15, 0.2) is 48.5 Å². The van der Waals surface area contributed by atoms with Crippen LogP contribution in [0.25, 0.3) is 22.4 Å². The van der Waals surface area contributed by atoms with Crippen LogP contribution in [0.4, 0.5) is 5.69 Å². The summed E-state index contributed by atoms with van der Waals surface area (Å²) in [5.41, 5.74) is 3.95. The maximum Gasteiger partial charge on any atom is 0.329 e. The number of aromatic nitrogens is 2. The molecule has 1 aromatic heterocycles. The van der Waals surface area contributed by atoms with E-state index in [-0.39, 0.29) is 12.1 Å². The maximum atomic E-state index is 13.1. The molecule has 1 aliphatic carbocycles. The summed E-state index contributed by atoms with van der Waals surface area (Å²) in [4.78, 5) is 20.0. The molecule has 4 rings (SSSR count). The number of anilines is 1. The van der Waals surface area contributed by atoms with Gasteiger partial charge in [-0.15, -0.1) is 0 Å². The minimum absolute atomic E-state index is 0.0290. The molecule has 1 aliphatic rings. The summed E-state index contributed by atoms with van der Waals surface area (Å²) in [7, 11) is 4.04. The molecule has 0 radical (unpaired) electrons. The molecule has 3 aromatic rings. The lowest BCUT2D eigenvalue weighted by atomic mass is 9.89.